The van der Waals surface area contributed by atoms with Crippen molar-refractivity contribution in [3.05, 3.63) is 35.9 Å². The number of aliphatic hydroxyl groups excluding tert-OH is 4. The van der Waals surface area contributed by atoms with Crippen LogP contribution in [0, 0.1) is 0 Å². The lowest BCUT2D eigenvalue weighted by atomic mass is 9.80. The number of aromatic hydroxyl groups is 1. The molecule has 1 aliphatic rings. The van der Waals surface area contributed by atoms with Gasteiger partial charge in [0.1, 0.15) is 24.1 Å². The molecule has 5 atom stereocenters. The van der Waals surface area contributed by atoms with Crippen LogP contribution in [0.25, 0.3) is 6.08 Å². The largest absolute Gasteiger partial charge is 0.508 e. The van der Waals surface area contributed by atoms with E-state index in [4.69, 9.17) is 9.84 Å². The van der Waals surface area contributed by atoms with Gasteiger partial charge in [0.15, 0.2) is 17.7 Å². The van der Waals surface area contributed by atoms with E-state index in [9.17, 15) is 30.3 Å². The summed E-state index contributed by atoms with van der Waals surface area (Å²) in [6, 6.07) is 5.79. The van der Waals surface area contributed by atoms with Crippen LogP contribution >= 0.6 is 0 Å². The van der Waals surface area contributed by atoms with Crippen molar-refractivity contribution in [2.75, 3.05) is 6.61 Å². The molecule has 0 bridgehead atoms. The molecular formula is C15H18O8. The van der Waals surface area contributed by atoms with E-state index in [0.717, 1.165) is 6.08 Å². The molecule has 0 radical (unpaired) electrons. The first-order valence-corrected chi connectivity index (χ1v) is 6.85. The lowest BCUT2D eigenvalue weighted by Crippen LogP contribution is -2.70. The van der Waals surface area contributed by atoms with Gasteiger partial charge in [-0.25, -0.2) is 0 Å². The van der Waals surface area contributed by atoms with E-state index in [1.165, 1.54) is 30.3 Å². The normalized spacial score (nSPS) is 34.7. The molecule has 1 fully saturated rings. The molecule has 6 N–H and O–H groups in total. The number of phenols is 1. The predicted octanol–water partition coefficient (Wildman–Crippen LogP) is -1.86. The molecule has 1 aromatic carbocycles. The highest BCUT2D eigenvalue weighted by atomic mass is 16.6. The summed E-state index contributed by atoms with van der Waals surface area (Å²) in [5.41, 5.74) is -2.20. The molecule has 126 valence electrons. The molecule has 1 saturated heterocycles. The molecule has 23 heavy (non-hydrogen) atoms. The van der Waals surface area contributed by atoms with Gasteiger partial charge in [-0.1, -0.05) is 18.2 Å². The highest BCUT2D eigenvalue weighted by molar-refractivity contribution is 6.01. The first-order valence-electron chi connectivity index (χ1n) is 6.85. The predicted molar refractivity (Wildman–Crippen MR) is 77.1 cm³/mol. The maximum atomic E-state index is 12.2. The summed E-state index contributed by atoms with van der Waals surface area (Å²) in [4.78, 5) is 12.2. The Balaban J connectivity index is 2.25. The Bertz CT molecular complexity index is 584. The second-order valence-electron chi connectivity index (χ2n) is 5.25. The summed E-state index contributed by atoms with van der Waals surface area (Å²) in [6.45, 7) is -0.762. The molecule has 0 amide bonds. The molecule has 1 heterocycles. The number of carbonyl (C=O) groups excluding carboxylic acids is 1. The van der Waals surface area contributed by atoms with Crippen molar-refractivity contribution >= 4 is 11.9 Å². The van der Waals surface area contributed by atoms with Gasteiger partial charge in [0.2, 0.25) is 0 Å². The van der Waals surface area contributed by atoms with Crippen LogP contribution in [-0.2, 0) is 9.53 Å². The van der Waals surface area contributed by atoms with E-state index in [1.54, 1.807) is 0 Å². The average molecular weight is 326 g/mol. The second kappa shape index (κ2) is 6.75. The van der Waals surface area contributed by atoms with Crippen molar-refractivity contribution < 1.29 is 40.2 Å². The Labute approximate surface area is 131 Å². The molecule has 0 aliphatic carbocycles. The van der Waals surface area contributed by atoms with Crippen LogP contribution in [0.2, 0.25) is 0 Å². The molecule has 1 unspecified atom stereocenters. The molecule has 0 spiro atoms. The smallest absolute Gasteiger partial charge is 0.192 e. The Hall–Kier alpha value is -1.81. The first kappa shape index (κ1) is 17.5. The average Bonchev–Trinajstić information content (AvgIpc) is 2.55. The third kappa shape index (κ3) is 3.27. The topological polar surface area (TPSA) is 148 Å². The number of hydrogen-bond acceptors (Lipinski definition) is 8. The number of hydrogen-bond donors (Lipinski definition) is 6. The quantitative estimate of drug-likeness (QED) is 0.353. The van der Waals surface area contributed by atoms with Gasteiger partial charge in [-0.05, 0) is 23.8 Å². The SMILES string of the molecule is O=C(C=Cc1ccc(O)cc1)[C@]1(O)[C@H](O)[C@@H](CO)OC(O)[C@@H]1O. The fourth-order valence-electron chi connectivity index (χ4n) is 2.33. The number of ketones is 1. The molecule has 8 heteroatoms. The van der Waals surface area contributed by atoms with Gasteiger partial charge in [-0.3, -0.25) is 4.79 Å². The zero-order chi connectivity index (χ0) is 17.2. The van der Waals surface area contributed by atoms with E-state index in [0.29, 0.717) is 5.56 Å². The Morgan fingerprint density at radius 3 is 2.35 bits per heavy atom. The summed E-state index contributed by atoms with van der Waals surface area (Å²) >= 11 is 0. The van der Waals surface area contributed by atoms with E-state index in [-0.39, 0.29) is 5.75 Å². The third-order valence-electron chi connectivity index (χ3n) is 3.73. The zero-order valence-electron chi connectivity index (χ0n) is 12.0. The summed E-state index contributed by atoms with van der Waals surface area (Å²) in [5.74, 6) is -1.03. The maximum Gasteiger partial charge on any atom is 0.192 e. The fourth-order valence-corrected chi connectivity index (χ4v) is 2.33. The van der Waals surface area contributed by atoms with Gasteiger partial charge in [0.25, 0.3) is 0 Å². The van der Waals surface area contributed by atoms with Crippen LogP contribution in [-0.4, -0.2) is 73.2 Å². The summed E-state index contributed by atoms with van der Waals surface area (Å²) in [7, 11) is 0. The zero-order valence-corrected chi connectivity index (χ0v) is 12.0. The Morgan fingerprint density at radius 2 is 1.78 bits per heavy atom. The van der Waals surface area contributed by atoms with Crippen molar-refractivity contribution in [2.24, 2.45) is 0 Å². The summed E-state index contributed by atoms with van der Waals surface area (Å²) in [5, 5.41) is 58.0. The van der Waals surface area contributed by atoms with E-state index in [2.05, 4.69) is 0 Å². The number of rotatable bonds is 4. The van der Waals surface area contributed by atoms with Crippen molar-refractivity contribution in [1.82, 2.24) is 0 Å². The minimum absolute atomic E-state index is 0.0382. The van der Waals surface area contributed by atoms with Crippen molar-refractivity contribution in [2.45, 2.75) is 30.2 Å². The van der Waals surface area contributed by atoms with Crippen LogP contribution in [0.5, 0.6) is 5.75 Å². The van der Waals surface area contributed by atoms with Gasteiger partial charge in [0.05, 0.1) is 6.61 Å². The Kier molecular flexibility index (Phi) is 5.15. The lowest BCUT2D eigenvalue weighted by molar-refractivity contribution is -0.310. The monoisotopic (exact) mass is 326 g/mol. The minimum Gasteiger partial charge on any atom is -0.508 e. The van der Waals surface area contributed by atoms with E-state index < -0.39 is 42.6 Å². The van der Waals surface area contributed by atoms with Gasteiger partial charge in [0, 0.05) is 0 Å². The van der Waals surface area contributed by atoms with Crippen LogP contribution < -0.4 is 0 Å². The highest BCUT2D eigenvalue weighted by Gasteiger charge is 2.58. The molecule has 0 saturated carbocycles. The van der Waals surface area contributed by atoms with Gasteiger partial charge < -0.3 is 35.4 Å². The number of carbonyl (C=O) groups is 1. The van der Waals surface area contributed by atoms with Gasteiger partial charge in [-0.15, -0.1) is 0 Å². The van der Waals surface area contributed by atoms with Crippen molar-refractivity contribution in [3.8, 4) is 5.75 Å². The van der Waals surface area contributed by atoms with Gasteiger partial charge >= 0.3 is 0 Å². The fraction of sp³-hybridized carbons (Fsp3) is 0.400. The van der Waals surface area contributed by atoms with E-state index in [1.807, 2.05) is 0 Å². The molecule has 0 aromatic heterocycles. The molecule has 2 rings (SSSR count). The van der Waals surface area contributed by atoms with Crippen LogP contribution in [0.4, 0.5) is 0 Å². The Morgan fingerprint density at radius 1 is 1.17 bits per heavy atom. The number of ether oxygens (including phenoxy) is 1. The number of phenolic OH excluding ortho intramolecular Hbond substituents is 1. The molecular weight excluding hydrogens is 308 g/mol. The van der Waals surface area contributed by atoms with Crippen molar-refractivity contribution in [1.29, 1.82) is 0 Å². The van der Waals surface area contributed by atoms with Gasteiger partial charge in [-0.2, -0.15) is 0 Å². The molecule has 1 aliphatic heterocycles. The lowest BCUT2D eigenvalue weighted by Gasteiger charge is -2.44. The van der Waals surface area contributed by atoms with Crippen LogP contribution in [0.3, 0.4) is 0 Å². The molecule has 8 nitrogen and oxygen atoms in total. The minimum atomic E-state index is -2.72. The van der Waals surface area contributed by atoms with E-state index >= 15 is 0 Å². The molecule has 1 aromatic rings. The number of aliphatic hydroxyl groups is 5. The van der Waals surface area contributed by atoms with Crippen LogP contribution in [0.15, 0.2) is 30.3 Å². The summed E-state index contributed by atoms with van der Waals surface area (Å²) < 4.78 is 4.72. The van der Waals surface area contributed by atoms with Crippen LogP contribution in [0.1, 0.15) is 5.56 Å². The maximum absolute atomic E-state index is 12.2. The first-order chi connectivity index (χ1) is 10.8. The summed E-state index contributed by atoms with van der Waals surface area (Å²) in [6.07, 6.45) is -5.16. The number of benzene rings is 1. The third-order valence-corrected chi connectivity index (χ3v) is 3.73. The van der Waals surface area contributed by atoms with Crippen molar-refractivity contribution in [3.63, 3.8) is 0 Å². The second-order valence-corrected chi connectivity index (χ2v) is 5.25. The standard InChI is InChI=1S/C15H18O8/c16-7-10-12(19)15(22,13(20)14(21)23-10)11(18)6-3-8-1-4-9(17)5-2-8/h1-6,10,12-14,16-17,19-22H,7H2/t10-,12-,13+,14?,15+/m1/s1. The highest BCUT2D eigenvalue weighted by Crippen LogP contribution is 2.30.